The monoisotopic (exact) mass is 328 g/mol. The van der Waals surface area contributed by atoms with Crippen LogP contribution >= 0.6 is 15.9 Å². The highest BCUT2D eigenvalue weighted by Crippen LogP contribution is 2.13. The minimum absolute atomic E-state index is 0.0949. The largest absolute Gasteiger partial charge is 0.481 e. The van der Waals surface area contributed by atoms with Crippen LogP contribution in [0, 0.1) is 0 Å². The van der Waals surface area contributed by atoms with Crippen molar-refractivity contribution in [2.75, 3.05) is 19.7 Å². The Bertz CT molecular complexity index is 477. The summed E-state index contributed by atoms with van der Waals surface area (Å²) in [5.41, 5.74) is 0.485. The molecule has 1 atom stereocenters. The van der Waals surface area contributed by atoms with E-state index in [1.807, 2.05) is 0 Å². The normalized spacial score (nSPS) is 19.2. The lowest BCUT2D eigenvalue weighted by Crippen LogP contribution is -2.46. The number of ether oxygens (including phenoxy) is 1. The lowest BCUT2D eigenvalue weighted by atomic mass is 10.1. The maximum Gasteiger partial charge on any atom is 0.306 e. The molecule has 1 saturated heterocycles. The third-order valence-electron chi connectivity index (χ3n) is 2.80. The Kier molecular flexibility index (Phi) is 4.49. The van der Waals surface area contributed by atoms with E-state index in [1.54, 1.807) is 17.0 Å². The van der Waals surface area contributed by atoms with E-state index in [1.165, 1.54) is 6.20 Å². The van der Waals surface area contributed by atoms with Gasteiger partial charge in [0.1, 0.15) is 4.60 Å². The van der Waals surface area contributed by atoms with Crippen molar-refractivity contribution in [2.24, 2.45) is 0 Å². The van der Waals surface area contributed by atoms with E-state index in [2.05, 4.69) is 20.9 Å². The van der Waals surface area contributed by atoms with Gasteiger partial charge in [0.05, 0.1) is 24.7 Å². The molecule has 1 fully saturated rings. The summed E-state index contributed by atoms with van der Waals surface area (Å²) in [6.07, 6.45) is 0.954. The third-order valence-corrected chi connectivity index (χ3v) is 3.27. The number of halogens is 1. The number of carboxylic acids is 1. The van der Waals surface area contributed by atoms with Gasteiger partial charge in [-0.2, -0.15) is 0 Å². The summed E-state index contributed by atoms with van der Waals surface area (Å²) in [6.45, 7) is 1.11. The molecule has 0 radical (unpaired) electrons. The molecular weight excluding hydrogens is 316 g/mol. The molecule has 0 aliphatic carbocycles. The zero-order valence-electron chi connectivity index (χ0n) is 10.1. The first-order valence-corrected chi connectivity index (χ1v) is 6.60. The Morgan fingerprint density at radius 1 is 1.53 bits per heavy atom. The number of aliphatic carboxylic acids is 1. The maximum atomic E-state index is 12.2. The molecule has 0 spiro atoms. The van der Waals surface area contributed by atoms with Gasteiger partial charge in [-0.3, -0.25) is 9.59 Å². The number of rotatable bonds is 3. The van der Waals surface area contributed by atoms with E-state index in [4.69, 9.17) is 9.84 Å². The summed E-state index contributed by atoms with van der Waals surface area (Å²) in [5, 5.41) is 8.74. The highest BCUT2D eigenvalue weighted by Gasteiger charge is 2.26. The fourth-order valence-corrected chi connectivity index (χ4v) is 2.14. The van der Waals surface area contributed by atoms with Crippen molar-refractivity contribution in [1.82, 2.24) is 9.88 Å². The van der Waals surface area contributed by atoms with Gasteiger partial charge in [0.15, 0.2) is 0 Å². The molecule has 1 aliphatic heterocycles. The predicted octanol–water partition coefficient (Wildman–Crippen LogP) is 1.16. The van der Waals surface area contributed by atoms with E-state index in [0.717, 1.165) is 0 Å². The third kappa shape index (κ3) is 3.74. The van der Waals surface area contributed by atoms with Crippen LogP contribution in [0.4, 0.5) is 0 Å². The molecule has 0 bridgehead atoms. The van der Waals surface area contributed by atoms with Gasteiger partial charge in [-0.25, -0.2) is 4.98 Å². The van der Waals surface area contributed by atoms with Crippen LogP contribution in [-0.4, -0.2) is 52.7 Å². The summed E-state index contributed by atoms with van der Waals surface area (Å²) in [5.74, 6) is -1.08. The topological polar surface area (TPSA) is 79.7 Å². The van der Waals surface area contributed by atoms with Crippen molar-refractivity contribution in [3.8, 4) is 0 Å². The molecule has 7 heteroatoms. The maximum absolute atomic E-state index is 12.2. The van der Waals surface area contributed by atoms with Gasteiger partial charge in [0.25, 0.3) is 5.91 Å². The van der Waals surface area contributed by atoms with E-state index in [0.29, 0.717) is 29.9 Å². The van der Waals surface area contributed by atoms with Crippen LogP contribution in [0.2, 0.25) is 0 Å². The lowest BCUT2D eigenvalue weighted by Gasteiger charge is -2.32. The Labute approximate surface area is 118 Å². The molecule has 1 amide bonds. The zero-order chi connectivity index (χ0) is 13.8. The standard InChI is InChI=1S/C12H13BrN2O4/c13-10-2-1-8(6-14-10)12(18)15-3-4-19-9(7-15)5-11(16)17/h1-2,6,9H,3-5,7H2,(H,16,17). The Balaban J connectivity index is 2.02. The summed E-state index contributed by atoms with van der Waals surface area (Å²) >= 11 is 3.21. The number of carbonyl (C=O) groups excluding carboxylic acids is 1. The average molecular weight is 329 g/mol. The summed E-state index contributed by atoms with van der Waals surface area (Å²) < 4.78 is 5.99. The van der Waals surface area contributed by atoms with Gasteiger partial charge in [-0.15, -0.1) is 0 Å². The molecule has 1 aromatic rings. The van der Waals surface area contributed by atoms with E-state index >= 15 is 0 Å². The van der Waals surface area contributed by atoms with Crippen LogP contribution in [0.5, 0.6) is 0 Å². The number of hydrogen-bond acceptors (Lipinski definition) is 4. The number of carboxylic acid groups (broad SMARTS) is 1. The fraction of sp³-hybridized carbons (Fsp3) is 0.417. The molecular formula is C12H13BrN2O4. The van der Waals surface area contributed by atoms with Crippen molar-refractivity contribution in [3.63, 3.8) is 0 Å². The average Bonchev–Trinajstić information content (AvgIpc) is 2.38. The van der Waals surface area contributed by atoms with Crippen LogP contribution in [0.25, 0.3) is 0 Å². The second kappa shape index (κ2) is 6.12. The summed E-state index contributed by atoms with van der Waals surface area (Å²) in [6, 6.07) is 3.38. The van der Waals surface area contributed by atoms with Crippen molar-refractivity contribution in [2.45, 2.75) is 12.5 Å². The Morgan fingerprint density at radius 2 is 2.32 bits per heavy atom. The first-order valence-electron chi connectivity index (χ1n) is 5.80. The molecule has 0 aromatic carbocycles. The van der Waals surface area contributed by atoms with Crippen LogP contribution in [-0.2, 0) is 9.53 Å². The quantitative estimate of drug-likeness (QED) is 0.842. The molecule has 1 unspecified atom stereocenters. The lowest BCUT2D eigenvalue weighted by molar-refractivity contribution is -0.141. The van der Waals surface area contributed by atoms with Crippen LogP contribution < -0.4 is 0 Å². The number of amides is 1. The van der Waals surface area contributed by atoms with Gasteiger partial charge in [0.2, 0.25) is 0 Å². The highest BCUT2D eigenvalue weighted by molar-refractivity contribution is 9.10. The summed E-state index contributed by atoms with van der Waals surface area (Å²) in [4.78, 5) is 28.5. The minimum atomic E-state index is -0.926. The van der Waals surface area contributed by atoms with E-state index in [9.17, 15) is 9.59 Å². The first-order chi connectivity index (χ1) is 9.06. The molecule has 1 aromatic heterocycles. The molecule has 1 aliphatic rings. The molecule has 1 N–H and O–H groups in total. The second-order valence-electron chi connectivity index (χ2n) is 4.21. The number of carbonyl (C=O) groups is 2. The second-order valence-corrected chi connectivity index (χ2v) is 5.02. The smallest absolute Gasteiger partial charge is 0.306 e. The molecule has 2 heterocycles. The Hall–Kier alpha value is -1.47. The van der Waals surface area contributed by atoms with Crippen LogP contribution in [0.15, 0.2) is 22.9 Å². The number of morpholine rings is 1. The van der Waals surface area contributed by atoms with E-state index in [-0.39, 0.29) is 12.3 Å². The minimum Gasteiger partial charge on any atom is -0.481 e. The van der Waals surface area contributed by atoms with Gasteiger partial charge in [-0.1, -0.05) is 0 Å². The first kappa shape index (κ1) is 14.0. The van der Waals surface area contributed by atoms with Gasteiger partial charge >= 0.3 is 5.97 Å². The van der Waals surface area contributed by atoms with Gasteiger partial charge in [-0.05, 0) is 28.1 Å². The number of pyridine rings is 1. The molecule has 102 valence electrons. The SMILES string of the molecule is O=C(O)CC1CN(C(=O)c2ccc(Br)nc2)CCO1. The van der Waals surface area contributed by atoms with Crippen LogP contribution in [0.3, 0.4) is 0 Å². The van der Waals surface area contributed by atoms with Crippen LogP contribution in [0.1, 0.15) is 16.8 Å². The number of hydrogen-bond donors (Lipinski definition) is 1. The number of aromatic nitrogens is 1. The highest BCUT2D eigenvalue weighted by atomic mass is 79.9. The van der Waals surface area contributed by atoms with E-state index < -0.39 is 12.1 Å². The Morgan fingerprint density at radius 3 is 2.95 bits per heavy atom. The fourth-order valence-electron chi connectivity index (χ4n) is 1.91. The van der Waals surface area contributed by atoms with Crippen molar-refractivity contribution in [1.29, 1.82) is 0 Å². The summed E-state index contributed by atoms with van der Waals surface area (Å²) in [7, 11) is 0. The molecule has 2 rings (SSSR count). The molecule has 0 saturated carbocycles. The zero-order valence-corrected chi connectivity index (χ0v) is 11.7. The predicted molar refractivity (Wildman–Crippen MR) is 69.8 cm³/mol. The van der Waals surface area contributed by atoms with Gasteiger partial charge in [0, 0.05) is 19.3 Å². The van der Waals surface area contributed by atoms with Crippen molar-refractivity contribution >= 4 is 27.8 Å². The molecule has 19 heavy (non-hydrogen) atoms. The molecule has 6 nitrogen and oxygen atoms in total. The van der Waals surface area contributed by atoms with Crippen molar-refractivity contribution < 1.29 is 19.4 Å². The van der Waals surface area contributed by atoms with Crippen molar-refractivity contribution in [3.05, 3.63) is 28.5 Å². The number of nitrogens with zero attached hydrogens (tertiary/aromatic N) is 2. The van der Waals surface area contributed by atoms with Gasteiger partial charge < -0.3 is 14.7 Å².